The molecule has 3 aromatic heterocycles. The number of aromatic nitrogens is 5. The third-order valence-corrected chi connectivity index (χ3v) is 5.89. The Hall–Kier alpha value is -3.90. The molecular formula is C23H17Cl2F3N6O3. The van der Waals surface area contributed by atoms with E-state index in [1.807, 2.05) is 0 Å². The molecule has 0 bridgehead atoms. The minimum Gasteiger partial charge on any atom is -0.618 e. The summed E-state index contributed by atoms with van der Waals surface area (Å²) in [6, 6.07) is 8.12. The van der Waals surface area contributed by atoms with Crippen molar-refractivity contribution in [3.8, 4) is 5.69 Å². The molecule has 0 fully saturated rings. The van der Waals surface area contributed by atoms with Gasteiger partial charge in [-0.05, 0) is 29.8 Å². The fourth-order valence-electron chi connectivity index (χ4n) is 3.71. The Morgan fingerprint density at radius 3 is 2.70 bits per heavy atom. The average molecular weight is 553 g/mol. The van der Waals surface area contributed by atoms with E-state index in [2.05, 4.69) is 15.1 Å². The quantitative estimate of drug-likeness (QED) is 0.245. The van der Waals surface area contributed by atoms with Crippen molar-refractivity contribution < 1.29 is 27.8 Å². The summed E-state index contributed by atoms with van der Waals surface area (Å²) in [5, 5.41) is 25.3. The van der Waals surface area contributed by atoms with Crippen molar-refractivity contribution in [1.29, 1.82) is 0 Å². The first-order chi connectivity index (χ1) is 17.6. The molecule has 0 radical (unpaired) electrons. The largest absolute Gasteiger partial charge is 0.618 e. The molecule has 192 valence electrons. The van der Waals surface area contributed by atoms with Gasteiger partial charge in [-0.3, -0.25) is 4.79 Å². The zero-order chi connectivity index (χ0) is 26.7. The highest BCUT2D eigenvalue weighted by Gasteiger charge is 2.42. The monoisotopic (exact) mass is 552 g/mol. The molecule has 9 nitrogen and oxygen atoms in total. The first-order valence-corrected chi connectivity index (χ1v) is 11.3. The predicted octanol–water partition coefficient (Wildman–Crippen LogP) is 4.17. The van der Waals surface area contributed by atoms with Crippen molar-refractivity contribution in [2.24, 2.45) is 0 Å². The van der Waals surface area contributed by atoms with E-state index in [9.17, 15) is 15.1 Å². The molecule has 0 atom stereocenters. The first-order valence-electron chi connectivity index (χ1n) is 10.6. The molecule has 3 heterocycles. The number of hydrogen-bond donors (Lipinski definition) is 1. The molecule has 1 N–H and O–H groups in total. The number of aliphatic carboxylic acids is 1. The van der Waals surface area contributed by atoms with Crippen molar-refractivity contribution in [2.75, 3.05) is 11.4 Å². The number of anilines is 1. The van der Waals surface area contributed by atoms with Gasteiger partial charge in [-0.1, -0.05) is 23.2 Å². The van der Waals surface area contributed by atoms with Gasteiger partial charge in [0.25, 0.3) is 5.69 Å². The Bertz CT molecular complexity index is 1440. The summed E-state index contributed by atoms with van der Waals surface area (Å²) in [4.78, 5) is 19.9. The van der Waals surface area contributed by atoms with E-state index in [0.29, 0.717) is 11.3 Å². The molecule has 4 aromatic rings. The van der Waals surface area contributed by atoms with Crippen LogP contribution >= 0.6 is 23.2 Å². The van der Waals surface area contributed by atoms with Crippen molar-refractivity contribution in [1.82, 2.24) is 19.7 Å². The number of benzene rings is 1. The molecule has 0 aliphatic rings. The summed E-state index contributed by atoms with van der Waals surface area (Å²) in [6.07, 6.45) is 3.74. The summed E-state index contributed by atoms with van der Waals surface area (Å²) >= 11 is 12.1. The summed E-state index contributed by atoms with van der Waals surface area (Å²) in [7, 11) is 0. The van der Waals surface area contributed by atoms with Crippen molar-refractivity contribution in [2.45, 2.75) is 18.9 Å². The standard InChI is InChI=1S/C23H17Cl2F3N6O3/c24-15-4-5-18(33-13-29-12-31-33)14(7-15)10-32(11-23(27,28)19-3-1-2-6-34(19)37)22-21(26)16(8-20(35)36)17(25)9-30-22/h1-7,9,12-13H,8,10-11H2,(H,35,36). The van der Waals surface area contributed by atoms with E-state index in [0.717, 1.165) is 23.4 Å². The van der Waals surface area contributed by atoms with E-state index in [1.54, 1.807) is 12.1 Å². The number of pyridine rings is 2. The molecule has 0 aliphatic heterocycles. The molecule has 0 spiro atoms. The molecule has 4 rings (SSSR count). The van der Waals surface area contributed by atoms with Gasteiger partial charge in [0, 0.05) is 35.5 Å². The second kappa shape index (κ2) is 10.6. The van der Waals surface area contributed by atoms with Gasteiger partial charge in [-0.15, -0.1) is 0 Å². The second-order valence-corrected chi connectivity index (χ2v) is 8.72. The molecule has 14 heteroatoms. The minimum atomic E-state index is -3.78. The lowest BCUT2D eigenvalue weighted by Crippen LogP contribution is -2.44. The van der Waals surface area contributed by atoms with Gasteiger partial charge in [0.2, 0.25) is 0 Å². The number of carboxylic acid groups (broad SMARTS) is 1. The maximum atomic E-state index is 15.5. The van der Waals surface area contributed by atoms with E-state index < -0.39 is 47.7 Å². The van der Waals surface area contributed by atoms with Crippen LogP contribution in [0.5, 0.6) is 0 Å². The van der Waals surface area contributed by atoms with E-state index in [4.69, 9.17) is 23.2 Å². The van der Waals surface area contributed by atoms with Crippen molar-refractivity contribution in [3.05, 3.63) is 99.3 Å². The summed E-state index contributed by atoms with van der Waals surface area (Å²) in [5.41, 5.74) is -0.543. The second-order valence-electron chi connectivity index (χ2n) is 7.88. The third-order valence-electron chi connectivity index (χ3n) is 5.33. The number of rotatable bonds is 9. The van der Waals surface area contributed by atoms with Crippen LogP contribution < -0.4 is 9.63 Å². The van der Waals surface area contributed by atoms with Crippen LogP contribution in [-0.2, 0) is 23.7 Å². The van der Waals surface area contributed by atoms with Gasteiger partial charge >= 0.3 is 11.9 Å². The summed E-state index contributed by atoms with van der Waals surface area (Å²) in [5.74, 6) is -6.93. The van der Waals surface area contributed by atoms with Crippen LogP contribution in [0.1, 0.15) is 16.8 Å². The maximum absolute atomic E-state index is 15.5. The van der Waals surface area contributed by atoms with Gasteiger partial charge in [0.05, 0.1) is 23.7 Å². The third kappa shape index (κ3) is 5.75. The molecule has 0 amide bonds. The van der Waals surface area contributed by atoms with E-state index in [-0.39, 0.29) is 21.3 Å². The maximum Gasteiger partial charge on any atom is 0.348 e. The van der Waals surface area contributed by atoms with Gasteiger partial charge in [-0.25, -0.2) is 19.0 Å². The normalized spacial score (nSPS) is 11.5. The van der Waals surface area contributed by atoms with E-state index >= 15 is 13.2 Å². The van der Waals surface area contributed by atoms with Gasteiger partial charge < -0.3 is 15.2 Å². The SMILES string of the molecule is O=C(O)Cc1c(Cl)cnc(N(Cc2cc(Cl)ccc2-n2cncn2)CC(F)(F)c2cccc[n+]2[O-])c1F. The average Bonchev–Trinajstić information content (AvgIpc) is 3.36. The predicted molar refractivity (Wildman–Crippen MR) is 127 cm³/mol. The summed E-state index contributed by atoms with van der Waals surface area (Å²) in [6.45, 7) is -1.57. The zero-order valence-electron chi connectivity index (χ0n) is 18.7. The van der Waals surface area contributed by atoms with Gasteiger partial charge in [0.1, 0.15) is 12.7 Å². The fraction of sp³-hybridized carbons (Fsp3) is 0.174. The van der Waals surface area contributed by atoms with Crippen molar-refractivity contribution >= 4 is 35.0 Å². The Morgan fingerprint density at radius 1 is 1.24 bits per heavy atom. The van der Waals surface area contributed by atoms with Crippen LogP contribution in [0.4, 0.5) is 19.0 Å². The highest BCUT2D eigenvalue weighted by molar-refractivity contribution is 6.31. The van der Waals surface area contributed by atoms with Crippen LogP contribution in [0.15, 0.2) is 61.4 Å². The van der Waals surface area contributed by atoms with Crippen LogP contribution in [0.2, 0.25) is 10.0 Å². The van der Waals surface area contributed by atoms with Gasteiger partial charge in [-0.2, -0.15) is 18.6 Å². The van der Waals surface area contributed by atoms with Crippen LogP contribution in [-0.4, -0.2) is 37.4 Å². The number of carboxylic acids is 1. The van der Waals surface area contributed by atoms with Gasteiger partial charge in [0.15, 0.2) is 17.8 Å². The molecule has 0 saturated carbocycles. The lowest BCUT2D eigenvalue weighted by Gasteiger charge is -2.29. The van der Waals surface area contributed by atoms with E-state index in [1.165, 1.54) is 35.5 Å². The lowest BCUT2D eigenvalue weighted by atomic mass is 10.1. The molecular weight excluding hydrogens is 536 g/mol. The Balaban J connectivity index is 1.84. The highest BCUT2D eigenvalue weighted by Crippen LogP contribution is 2.33. The Labute approximate surface area is 217 Å². The van der Waals surface area contributed by atoms with Crippen LogP contribution in [0.25, 0.3) is 5.69 Å². The molecule has 1 aromatic carbocycles. The van der Waals surface area contributed by atoms with Crippen LogP contribution in [0.3, 0.4) is 0 Å². The Morgan fingerprint density at radius 2 is 2.03 bits per heavy atom. The molecule has 0 saturated heterocycles. The molecule has 37 heavy (non-hydrogen) atoms. The molecule has 0 aliphatic carbocycles. The fourth-order valence-corrected chi connectivity index (χ4v) is 4.10. The number of hydrogen-bond acceptors (Lipinski definition) is 6. The number of alkyl halides is 2. The smallest absolute Gasteiger partial charge is 0.348 e. The van der Waals surface area contributed by atoms with Crippen LogP contribution in [0, 0.1) is 11.0 Å². The lowest BCUT2D eigenvalue weighted by molar-refractivity contribution is -0.624. The number of nitrogens with zero attached hydrogens (tertiary/aromatic N) is 6. The molecule has 0 unspecified atom stereocenters. The zero-order valence-corrected chi connectivity index (χ0v) is 20.2. The van der Waals surface area contributed by atoms with Crippen molar-refractivity contribution in [3.63, 3.8) is 0 Å². The highest BCUT2D eigenvalue weighted by atomic mass is 35.5. The summed E-state index contributed by atoms with van der Waals surface area (Å²) < 4.78 is 47.8. The Kier molecular flexibility index (Phi) is 7.50. The topological polar surface area (TPSA) is 111 Å². The first kappa shape index (κ1) is 26.2. The number of carbonyl (C=O) groups is 1. The number of halogens is 5. The minimum absolute atomic E-state index is 0.0138.